The normalized spacial score (nSPS) is 10.6. The Morgan fingerprint density at radius 3 is 2.55 bits per heavy atom. The molecule has 20 heavy (non-hydrogen) atoms. The zero-order chi connectivity index (χ0) is 13.9. The van der Waals surface area contributed by atoms with Gasteiger partial charge in [0.25, 0.3) is 0 Å². The third kappa shape index (κ3) is 2.49. The molecule has 0 bridgehead atoms. The van der Waals surface area contributed by atoms with E-state index in [9.17, 15) is 4.79 Å². The summed E-state index contributed by atoms with van der Waals surface area (Å²) >= 11 is 0. The van der Waals surface area contributed by atoms with Crippen molar-refractivity contribution in [1.29, 1.82) is 0 Å². The highest BCUT2D eigenvalue weighted by molar-refractivity contribution is 5.88. The molecule has 0 radical (unpaired) electrons. The summed E-state index contributed by atoms with van der Waals surface area (Å²) in [6, 6.07) is 16.5. The molecule has 4 nitrogen and oxygen atoms in total. The molecule has 0 unspecified atom stereocenters. The minimum absolute atomic E-state index is 0.277. The topological polar surface area (TPSA) is 62.5 Å². The van der Waals surface area contributed by atoms with Crippen molar-refractivity contribution in [3.63, 3.8) is 0 Å². The summed E-state index contributed by atoms with van der Waals surface area (Å²) in [5.74, 6) is -0.0812. The minimum Gasteiger partial charge on any atom is -0.478 e. The number of anilines is 1. The molecule has 0 amide bonds. The highest BCUT2D eigenvalue weighted by atomic mass is 16.4. The van der Waals surface area contributed by atoms with E-state index in [-0.39, 0.29) is 5.56 Å². The molecule has 0 aliphatic carbocycles. The molecule has 2 aromatic carbocycles. The molecule has 0 saturated carbocycles. The summed E-state index contributed by atoms with van der Waals surface area (Å²) in [4.78, 5) is 10.8. The maximum atomic E-state index is 10.8. The van der Waals surface area contributed by atoms with E-state index in [0.717, 1.165) is 22.4 Å². The van der Waals surface area contributed by atoms with Crippen molar-refractivity contribution in [3.05, 3.63) is 65.9 Å². The SMILES string of the molecule is O=C(O)c1ccc(NCc2cc3ccccc3o2)cc1. The van der Waals surface area contributed by atoms with Crippen LogP contribution in [0.5, 0.6) is 0 Å². The van der Waals surface area contributed by atoms with Crippen molar-refractivity contribution in [2.75, 3.05) is 5.32 Å². The van der Waals surface area contributed by atoms with Crippen molar-refractivity contribution in [1.82, 2.24) is 0 Å². The molecule has 3 rings (SSSR count). The van der Waals surface area contributed by atoms with Crippen molar-refractivity contribution < 1.29 is 14.3 Å². The first kappa shape index (κ1) is 12.3. The summed E-state index contributed by atoms with van der Waals surface area (Å²) in [5.41, 5.74) is 2.00. The van der Waals surface area contributed by atoms with Gasteiger partial charge in [-0.05, 0) is 36.4 Å². The first-order valence-electron chi connectivity index (χ1n) is 6.27. The van der Waals surface area contributed by atoms with E-state index in [1.807, 2.05) is 30.3 Å². The first-order valence-corrected chi connectivity index (χ1v) is 6.27. The Hall–Kier alpha value is -2.75. The van der Waals surface area contributed by atoms with Crippen LogP contribution in [0.3, 0.4) is 0 Å². The quantitative estimate of drug-likeness (QED) is 0.755. The molecule has 0 aliphatic heterocycles. The van der Waals surface area contributed by atoms with Gasteiger partial charge in [-0.25, -0.2) is 4.79 Å². The lowest BCUT2D eigenvalue weighted by Crippen LogP contribution is -2.00. The van der Waals surface area contributed by atoms with E-state index >= 15 is 0 Å². The van der Waals surface area contributed by atoms with Crippen LogP contribution in [0.25, 0.3) is 11.0 Å². The molecule has 0 atom stereocenters. The Kier molecular flexibility index (Phi) is 3.13. The third-order valence-electron chi connectivity index (χ3n) is 3.08. The predicted octanol–water partition coefficient (Wildman–Crippen LogP) is 3.74. The molecule has 0 aliphatic rings. The number of carboxylic acid groups (broad SMARTS) is 1. The van der Waals surface area contributed by atoms with Gasteiger partial charge < -0.3 is 14.8 Å². The summed E-state index contributed by atoms with van der Waals surface area (Å²) in [5, 5.41) is 13.1. The Bertz CT molecular complexity index is 711. The molecule has 0 spiro atoms. The number of benzene rings is 2. The highest BCUT2D eigenvalue weighted by Gasteiger charge is 2.04. The Morgan fingerprint density at radius 2 is 1.85 bits per heavy atom. The number of nitrogens with one attached hydrogen (secondary N) is 1. The van der Waals surface area contributed by atoms with Crippen molar-refractivity contribution in [2.45, 2.75) is 6.54 Å². The fourth-order valence-electron chi connectivity index (χ4n) is 2.04. The number of fused-ring (bicyclic) bond motifs is 1. The molecule has 1 aromatic heterocycles. The lowest BCUT2D eigenvalue weighted by atomic mass is 10.2. The molecular formula is C16H13NO3. The number of para-hydroxylation sites is 1. The smallest absolute Gasteiger partial charge is 0.335 e. The molecule has 4 heteroatoms. The average molecular weight is 267 g/mol. The van der Waals surface area contributed by atoms with Gasteiger partial charge in [0.05, 0.1) is 12.1 Å². The summed E-state index contributed by atoms with van der Waals surface area (Å²) in [6.45, 7) is 0.557. The molecule has 0 fully saturated rings. The summed E-state index contributed by atoms with van der Waals surface area (Å²) in [6.07, 6.45) is 0. The van der Waals surface area contributed by atoms with Gasteiger partial charge in [-0.2, -0.15) is 0 Å². The maximum absolute atomic E-state index is 10.8. The fourth-order valence-corrected chi connectivity index (χ4v) is 2.04. The average Bonchev–Trinajstić information content (AvgIpc) is 2.88. The Morgan fingerprint density at radius 1 is 1.10 bits per heavy atom. The van der Waals surface area contributed by atoms with E-state index in [2.05, 4.69) is 5.32 Å². The van der Waals surface area contributed by atoms with Gasteiger partial charge in [-0.3, -0.25) is 0 Å². The number of carbonyl (C=O) groups is 1. The number of aromatic carboxylic acids is 1. The van der Waals surface area contributed by atoms with E-state index < -0.39 is 5.97 Å². The Balaban J connectivity index is 1.71. The van der Waals surface area contributed by atoms with E-state index in [1.165, 1.54) is 0 Å². The van der Waals surface area contributed by atoms with Gasteiger partial charge in [-0.15, -0.1) is 0 Å². The number of rotatable bonds is 4. The second-order valence-corrected chi connectivity index (χ2v) is 4.49. The second-order valence-electron chi connectivity index (χ2n) is 4.49. The van der Waals surface area contributed by atoms with Crippen LogP contribution in [-0.2, 0) is 6.54 Å². The fraction of sp³-hybridized carbons (Fsp3) is 0.0625. The van der Waals surface area contributed by atoms with Crippen LogP contribution in [-0.4, -0.2) is 11.1 Å². The third-order valence-corrected chi connectivity index (χ3v) is 3.08. The number of hydrogen-bond acceptors (Lipinski definition) is 3. The number of hydrogen-bond donors (Lipinski definition) is 2. The van der Waals surface area contributed by atoms with Gasteiger partial charge in [0.2, 0.25) is 0 Å². The zero-order valence-electron chi connectivity index (χ0n) is 10.7. The monoisotopic (exact) mass is 267 g/mol. The van der Waals surface area contributed by atoms with Gasteiger partial charge in [0, 0.05) is 11.1 Å². The summed E-state index contributed by atoms with van der Waals surface area (Å²) in [7, 11) is 0. The van der Waals surface area contributed by atoms with Crippen LogP contribution >= 0.6 is 0 Å². The van der Waals surface area contributed by atoms with Crippen molar-refractivity contribution in [3.8, 4) is 0 Å². The van der Waals surface area contributed by atoms with Crippen molar-refractivity contribution in [2.24, 2.45) is 0 Å². The van der Waals surface area contributed by atoms with Crippen LogP contribution < -0.4 is 5.32 Å². The van der Waals surface area contributed by atoms with Crippen LogP contribution in [0.2, 0.25) is 0 Å². The molecule has 1 heterocycles. The molecule has 3 aromatic rings. The lowest BCUT2D eigenvalue weighted by molar-refractivity contribution is 0.0697. The Labute approximate surface area is 115 Å². The van der Waals surface area contributed by atoms with Crippen LogP contribution in [0.1, 0.15) is 16.1 Å². The largest absolute Gasteiger partial charge is 0.478 e. The minimum atomic E-state index is -0.922. The predicted molar refractivity (Wildman–Crippen MR) is 76.9 cm³/mol. The second kappa shape index (κ2) is 5.09. The number of furan rings is 1. The highest BCUT2D eigenvalue weighted by Crippen LogP contribution is 2.20. The van der Waals surface area contributed by atoms with Gasteiger partial charge in [0.15, 0.2) is 0 Å². The van der Waals surface area contributed by atoms with Crippen LogP contribution in [0, 0.1) is 0 Å². The molecule has 2 N–H and O–H groups in total. The van der Waals surface area contributed by atoms with Gasteiger partial charge in [-0.1, -0.05) is 18.2 Å². The van der Waals surface area contributed by atoms with E-state index in [4.69, 9.17) is 9.52 Å². The molecule has 100 valence electrons. The van der Waals surface area contributed by atoms with E-state index in [1.54, 1.807) is 24.3 Å². The van der Waals surface area contributed by atoms with Gasteiger partial charge in [0.1, 0.15) is 11.3 Å². The van der Waals surface area contributed by atoms with E-state index in [0.29, 0.717) is 6.54 Å². The van der Waals surface area contributed by atoms with Crippen LogP contribution in [0.15, 0.2) is 59.0 Å². The maximum Gasteiger partial charge on any atom is 0.335 e. The lowest BCUT2D eigenvalue weighted by Gasteiger charge is -2.04. The van der Waals surface area contributed by atoms with Gasteiger partial charge >= 0.3 is 5.97 Å². The van der Waals surface area contributed by atoms with Crippen LogP contribution in [0.4, 0.5) is 5.69 Å². The van der Waals surface area contributed by atoms with Crippen molar-refractivity contribution >= 4 is 22.6 Å². The zero-order valence-corrected chi connectivity index (χ0v) is 10.7. The summed E-state index contributed by atoms with van der Waals surface area (Å²) < 4.78 is 5.70. The standard InChI is InChI=1S/C16H13NO3/c18-16(19)11-5-7-13(8-6-11)17-10-14-9-12-3-1-2-4-15(12)20-14/h1-9,17H,10H2,(H,18,19). The molecule has 0 saturated heterocycles. The molecular weight excluding hydrogens is 254 g/mol. The number of carboxylic acids is 1. The first-order chi connectivity index (χ1) is 9.72.